The maximum Gasteiger partial charge on any atom is 0.255 e. The molecule has 2 heterocycles. The SMILES string of the molecule is NC(=S)CCN(Cc1cccnc1)C(=O)c1ccsc1. The highest BCUT2D eigenvalue weighted by atomic mass is 32.1. The van der Waals surface area contributed by atoms with Crippen LogP contribution in [0.4, 0.5) is 0 Å². The summed E-state index contributed by atoms with van der Waals surface area (Å²) in [5, 5.41) is 3.74. The monoisotopic (exact) mass is 305 g/mol. The predicted octanol–water partition coefficient (Wildman–Crippen LogP) is 2.46. The topological polar surface area (TPSA) is 59.2 Å². The van der Waals surface area contributed by atoms with Crippen LogP contribution in [0.5, 0.6) is 0 Å². The lowest BCUT2D eigenvalue weighted by Crippen LogP contribution is -2.33. The summed E-state index contributed by atoms with van der Waals surface area (Å²) in [6.45, 7) is 1.02. The molecule has 0 radical (unpaired) electrons. The molecule has 6 heteroatoms. The van der Waals surface area contributed by atoms with Crippen molar-refractivity contribution in [2.24, 2.45) is 5.73 Å². The van der Waals surface area contributed by atoms with Gasteiger partial charge in [0.25, 0.3) is 5.91 Å². The van der Waals surface area contributed by atoms with E-state index in [1.165, 1.54) is 11.3 Å². The van der Waals surface area contributed by atoms with E-state index in [2.05, 4.69) is 4.98 Å². The Hall–Kier alpha value is -1.79. The van der Waals surface area contributed by atoms with Gasteiger partial charge in [0.1, 0.15) is 0 Å². The van der Waals surface area contributed by atoms with Gasteiger partial charge in [0.2, 0.25) is 0 Å². The molecule has 0 bridgehead atoms. The summed E-state index contributed by atoms with van der Waals surface area (Å²) in [7, 11) is 0. The molecule has 0 spiro atoms. The van der Waals surface area contributed by atoms with E-state index < -0.39 is 0 Å². The maximum absolute atomic E-state index is 12.5. The highest BCUT2D eigenvalue weighted by Gasteiger charge is 2.16. The molecule has 20 heavy (non-hydrogen) atoms. The molecule has 2 N–H and O–H groups in total. The summed E-state index contributed by atoms with van der Waals surface area (Å²) >= 11 is 6.40. The number of rotatable bonds is 6. The summed E-state index contributed by atoms with van der Waals surface area (Å²) in [5.74, 6) is -0.00801. The first-order valence-corrected chi connectivity index (χ1v) is 7.50. The van der Waals surface area contributed by atoms with Crippen molar-refractivity contribution in [2.45, 2.75) is 13.0 Å². The fourth-order valence-corrected chi connectivity index (χ4v) is 2.50. The Labute approximate surface area is 127 Å². The number of thiophene rings is 1. The molecule has 1 amide bonds. The molecule has 0 aromatic carbocycles. The molecular formula is C14H15N3OS2. The molecular weight excluding hydrogens is 290 g/mol. The normalized spacial score (nSPS) is 10.2. The Bertz CT molecular complexity index is 569. The molecule has 4 nitrogen and oxygen atoms in total. The highest BCUT2D eigenvalue weighted by Crippen LogP contribution is 2.13. The average molecular weight is 305 g/mol. The van der Waals surface area contributed by atoms with E-state index in [0.717, 1.165) is 5.56 Å². The molecule has 0 fully saturated rings. The van der Waals surface area contributed by atoms with Crippen LogP contribution < -0.4 is 5.73 Å². The number of hydrogen-bond acceptors (Lipinski definition) is 4. The van der Waals surface area contributed by atoms with Crippen LogP contribution in [0.3, 0.4) is 0 Å². The summed E-state index contributed by atoms with van der Waals surface area (Å²) in [4.78, 5) is 18.7. The Balaban J connectivity index is 2.12. The number of pyridine rings is 1. The van der Waals surface area contributed by atoms with Crippen molar-refractivity contribution in [1.29, 1.82) is 0 Å². The minimum absolute atomic E-state index is 0.00801. The van der Waals surface area contributed by atoms with Crippen LogP contribution >= 0.6 is 23.6 Å². The number of nitrogens with zero attached hydrogens (tertiary/aromatic N) is 2. The lowest BCUT2D eigenvalue weighted by atomic mass is 10.2. The van der Waals surface area contributed by atoms with Crippen molar-refractivity contribution in [2.75, 3.05) is 6.54 Å². The summed E-state index contributed by atoms with van der Waals surface area (Å²) < 4.78 is 0. The Kier molecular flexibility index (Phi) is 5.20. The fourth-order valence-electron chi connectivity index (χ4n) is 1.78. The largest absolute Gasteiger partial charge is 0.393 e. The van der Waals surface area contributed by atoms with E-state index >= 15 is 0 Å². The summed E-state index contributed by atoms with van der Waals surface area (Å²) in [5.41, 5.74) is 7.22. The van der Waals surface area contributed by atoms with Crippen LogP contribution in [0.25, 0.3) is 0 Å². The molecule has 2 aromatic heterocycles. The molecule has 2 rings (SSSR count). The van der Waals surface area contributed by atoms with Gasteiger partial charge in [-0.1, -0.05) is 18.3 Å². The first kappa shape index (κ1) is 14.6. The van der Waals surface area contributed by atoms with Crippen molar-refractivity contribution >= 4 is 34.5 Å². The summed E-state index contributed by atoms with van der Waals surface area (Å²) in [6.07, 6.45) is 3.99. The number of carbonyl (C=O) groups is 1. The Morgan fingerprint density at radius 2 is 2.30 bits per heavy atom. The molecule has 0 saturated heterocycles. The van der Waals surface area contributed by atoms with Gasteiger partial charge < -0.3 is 10.6 Å². The Morgan fingerprint density at radius 1 is 1.45 bits per heavy atom. The number of amides is 1. The van der Waals surface area contributed by atoms with Gasteiger partial charge in [-0.05, 0) is 23.1 Å². The molecule has 2 aromatic rings. The molecule has 0 saturated carbocycles. The highest BCUT2D eigenvalue weighted by molar-refractivity contribution is 7.80. The van der Waals surface area contributed by atoms with Crippen LogP contribution in [0.2, 0.25) is 0 Å². The second-order valence-electron chi connectivity index (χ2n) is 4.32. The lowest BCUT2D eigenvalue weighted by molar-refractivity contribution is 0.0748. The molecule has 0 aliphatic heterocycles. The Morgan fingerprint density at radius 3 is 2.90 bits per heavy atom. The number of nitrogens with two attached hydrogens (primary N) is 1. The zero-order valence-electron chi connectivity index (χ0n) is 10.9. The molecule has 0 unspecified atom stereocenters. The first-order chi connectivity index (χ1) is 9.66. The maximum atomic E-state index is 12.5. The van der Waals surface area contributed by atoms with Gasteiger partial charge in [-0.3, -0.25) is 9.78 Å². The zero-order valence-corrected chi connectivity index (χ0v) is 12.5. The van der Waals surface area contributed by atoms with Gasteiger partial charge in [0.05, 0.1) is 10.6 Å². The molecule has 104 valence electrons. The average Bonchev–Trinajstić information content (AvgIpc) is 2.97. The van der Waals surface area contributed by atoms with Crippen molar-refractivity contribution in [3.8, 4) is 0 Å². The van der Waals surface area contributed by atoms with Crippen LogP contribution in [0, 0.1) is 0 Å². The fraction of sp³-hybridized carbons (Fsp3) is 0.214. The number of aromatic nitrogens is 1. The van der Waals surface area contributed by atoms with E-state index in [0.29, 0.717) is 30.1 Å². The minimum Gasteiger partial charge on any atom is -0.393 e. The first-order valence-electron chi connectivity index (χ1n) is 6.15. The van der Waals surface area contributed by atoms with Crippen LogP contribution in [0.1, 0.15) is 22.3 Å². The van der Waals surface area contributed by atoms with Crippen LogP contribution in [-0.4, -0.2) is 27.3 Å². The third-order valence-corrected chi connectivity index (χ3v) is 3.67. The smallest absolute Gasteiger partial charge is 0.255 e. The van der Waals surface area contributed by atoms with Gasteiger partial charge in [-0.25, -0.2) is 0 Å². The second kappa shape index (κ2) is 7.12. The van der Waals surface area contributed by atoms with Gasteiger partial charge in [-0.2, -0.15) is 11.3 Å². The molecule has 0 atom stereocenters. The minimum atomic E-state index is -0.00801. The van der Waals surface area contributed by atoms with Crippen molar-refractivity contribution in [3.05, 3.63) is 52.5 Å². The molecule has 0 aliphatic rings. The zero-order chi connectivity index (χ0) is 14.4. The predicted molar refractivity (Wildman–Crippen MR) is 84.7 cm³/mol. The van der Waals surface area contributed by atoms with Crippen molar-refractivity contribution in [3.63, 3.8) is 0 Å². The van der Waals surface area contributed by atoms with Gasteiger partial charge in [0, 0.05) is 37.3 Å². The molecule has 0 aliphatic carbocycles. The van der Waals surface area contributed by atoms with Gasteiger partial charge in [0.15, 0.2) is 0 Å². The van der Waals surface area contributed by atoms with Crippen LogP contribution in [0.15, 0.2) is 41.4 Å². The van der Waals surface area contributed by atoms with E-state index in [1.807, 2.05) is 29.0 Å². The van der Waals surface area contributed by atoms with E-state index in [9.17, 15) is 4.79 Å². The standard InChI is InChI=1S/C14H15N3OS2/c15-13(19)3-6-17(9-11-2-1-5-16-8-11)14(18)12-4-7-20-10-12/h1-2,4-5,7-8,10H,3,6,9H2,(H2,15,19). The number of thiocarbonyl (C=S) groups is 1. The van der Waals surface area contributed by atoms with E-state index in [1.54, 1.807) is 17.3 Å². The van der Waals surface area contributed by atoms with E-state index in [4.69, 9.17) is 18.0 Å². The van der Waals surface area contributed by atoms with Gasteiger partial charge >= 0.3 is 0 Å². The number of carbonyl (C=O) groups excluding carboxylic acids is 1. The second-order valence-corrected chi connectivity index (χ2v) is 5.62. The van der Waals surface area contributed by atoms with Crippen LogP contribution in [-0.2, 0) is 6.54 Å². The van der Waals surface area contributed by atoms with Crippen molar-refractivity contribution < 1.29 is 4.79 Å². The summed E-state index contributed by atoms with van der Waals surface area (Å²) in [6, 6.07) is 5.63. The quantitative estimate of drug-likeness (QED) is 0.833. The third-order valence-electron chi connectivity index (χ3n) is 2.78. The third kappa shape index (κ3) is 4.11. The van der Waals surface area contributed by atoms with Crippen molar-refractivity contribution in [1.82, 2.24) is 9.88 Å². The van der Waals surface area contributed by atoms with E-state index in [-0.39, 0.29) is 5.91 Å². The lowest BCUT2D eigenvalue weighted by Gasteiger charge is -2.22. The number of hydrogen-bond donors (Lipinski definition) is 1. The van der Waals surface area contributed by atoms with Gasteiger partial charge in [-0.15, -0.1) is 0 Å².